The zero-order valence-corrected chi connectivity index (χ0v) is 21.3. The SMILES string of the molecule is C=CC.CC.CC/C=C\C(C1=CN(C(F)(F)F)C(CC)CC1)=C(/C)c1cccc(C2CC2)c1. The smallest absolute Gasteiger partial charge is 0.287 e. The standard InChI is InChI=1S/C24H30F3N.C3H6.C2H6/c1-4-6-10-23(17(3)19-8-7-9-20(15-19)18-11-12-18)21-13-14-22(5-2)28(16-21)24(25,26)27;1-3-2;1-2/h6-10,15-16,18,22H,4-5,11-14H2,1-3H3;3H,1H2,2H3;1-2H3/b10-6-,23-17-;;. The minimum Gasteiger partial charge on any atom is -0.287 e. The molecule has 1 aliphatic heterocycles. The fourth-order valence-electron chi connectivity index (χ4n) is 3.99. The molecule has 0 radical (unpaired) electrons. The van der Waals surface area contributed by atoms with E-state index in [9.17, 15) is 13.2 Å². The van der Waals surface area contributed by atoms with E-state index in [0.717, 1.165) is 28.7 Å². The summed E-state index contributed by atoms with van der Waals surface area (Å²) in [4.78, 5) is 0.611. The monoisotopic (exact) mass is 461 g/mol. The van der Waals surface area contributed by atoms with Crippen LogP contribution in [0.3, 0.4) is 0 Å². The molecule has 3 rings (SSSR count). The fourth-order valence-corrected chi connectivity index (χ4v) is 3.99. The average Bonchev–Trinajstić information content (AvgIpc) is 3.66. The number of allylic oxidation sites excluding steroid dienone is 6. The highest BCUT2D eigenvalue weighted by atomic mass is 19.4. The summed E-state index contributed by atoms with van der Waals surface area (Å²) in [7, 11) is 0. The van der Waals surface area contributed by atoms with Gasteiger partial charge in [0, 0.05) is 12.2 Å². The second-order valence-corrected chi connectivity index (χ2v) is 8.29. The number of benzene rings is 1. The number of nitrogens with zero attached hydrogens (tertiary/aromatic N) is 1. The Kier molecular flexibility index (Phi) is 12.3. The van der Waals surface area contributed by atoms with Crippen molar-refractivity contribution in [3.8, 4) is 0 Å². The van der Waals surface area contributed by atoms with Gasteiger partial charge in [-0.25, -0.2) is 0 Å². The lowest BCUT2D eigenvalue weighted by Crippen LogP contribution is -2.43. The summed E-state index contributed by atoms with van der Waals surface area (Å²) in [5.74, 6) is 0.655. The predicted octanol–water partition coefficient (Wildman–Crippen LogP) is 9.80. The maximum absolute atomic E-state index is 13.6. The summed E-state index contributed by atoms with van der Waals surface area (Å²) >= 11 is 0. The average molecular weight is 462 g/mol. The third-order valence-corrected chi connectivity index (χ3v) is 5.84. The van der Waals surface area contributed by atoms with Gasteiger partial charge >= 0.3 is 6.30 Å². The third kappa shape index (κ3) is 8.57. The molecule has 0 spiro atoms. The Morgan fingerprint density at radius 3 is 2.30 bits per heavy atom. The van der Waals surface area contributed by atoms with Crippen molar-refractivity contribution in [3.05, 3.63) is 77.5 Å². The van der Waals surface area contributed by atoms with Crippen molar-refractivity contribution in [1.82, 2.24) is 4.90 Å². The molecule has 1 aromatic rings. The molecular weight excluding hydrogens is 419 g/mol. The van der Waals surface area contributed by atoms with Gasteiger partial charge in [-0.05, 0) is 86.1 Å². The van der Waals surface area contributed by atoms with Crippen LogP contribution in [0.4, 0.5) is 13.2 Å². The van der Waals surface area contributed by atoms with E-state index in [2.05, 4.69) is 30.8 Å². The summed E-state index contributed by atoms with van der Waals surface area (Å²) in [5, 5.41) is 0. The lowest BCUT2D eigenvalue weighted by Gasteiger charge is -2.36. The minimum absolute atomic E-state index is 0.473. The molecule has 1 atom stereocenters. The molecular formula is C29H42F3N. The van der Waals surface area contributed by atoms with E-state index >= 15 is 0 Å². The first kappa shape index (κ1) is 28.8. The fraction of sp³-hybridized carbons (Fsp3) is 0.517. The Balaban J connectivity index is 0.00000101. The van der Waals surface area contributed by atoms with Gasteiger partial charge in [-0.1, -0.05) is 70.2 Å². The van der Waals surface area contributed by atoms with E-state index < -0.39 is 12.3 Å². The minimum atomic E-state index is -4.34. The van der Waals surface area contributed by atoms with Gasteiger partial charge in [0.05, 0.1) is 0 Å². The molecule has 0 N–H and O–H groups in total. The van der Waals surface area contributed by atoms with Gasteiger partial charge in [0.1, 0.15) is 0 Å². The zero-order valence-electron chi connectivity index (χ0n) is 21.3. The lowest BCUT2D eigenvalue weighted by atomic mass is 9.88. The van der Waals surface area contributed by atoms with Crippen molar-refractivity contribution < 1.29 is 13.2 Å². The van der Waals surface area contributed by atoms with Crippen molar-refractivity contribution in [2.75, 3.05) is 0 Å². The van der Waals surface area contributed by atoms with E-state index in [0.29, 0.717) is 30.1 Å². The quantitative estimate of drug-likeness (QED) is 0.231. The van der Waals surface area contributed by atoms with E-state index in [4.69, 9.17) is 0 Å². The van der Waals surface area contributed by atoms with Gasteiger partial charge < -0.3 is 0 Å². The summed E-state index contributed by atoms with van der Waals surface area (Å²) in [5.41, 5.74) is 5.21. The molecule has 0 bridgehead atoms. The van der Waals surface area contributed by atoms with Crippen molar-refractivity contribution in [1.29, 1.82) is 0 Å². The number of alkyl halides is 3. The van der Waals surface area contributed by atoms with E-state index in [1.807, 2.05) is 53.7 Å². The second-order valence-electron chi connectivity index (χ2n) is 8.29. The van der Waals surface area contributed by atoms with E-state index in [1.54, 1.807) is 6.08 Å². The van der Waals surface area contributed by atoms with Crippen LogP contribution in [0.5, 0.6) is 0 Å². The van der Waals surface area contributed by atoms with Crippen molar-refractivity contribution in [2.45, 2.75) is 98.3 Å². The largest absolute Gasteiger partial charge is 0.484 e. The Bertz CT molecular complexity index is 826. The first-order chi connectivity index (χ1) is 15.8. The maximum atomic E-state index is 13.6. The van der Waals surface area contributed by atoms with Crippen LogP contribution in [0.15, 0.2) is 66.4 Å². The van der Waals surface area contributed by atoms with Crippen LogP contribution >= 0.6 is 0 Å². The molecule has 0 aromatic heterocycles. The van der Waals surface area contributed by atoms with E-state index in [-0.39, 0.29) is 0 Å². The van der Waals surface area contributed by atoms with Crippen LogP contribution in [-0.4, -0.2) is 17.2 Å². The summed E-state index contributed by atoms with van der Waals surface area (Å²) < 4.78 is 40.8. The molecule has 1 heterocycles. The molecule has 1 saturated carbocycles. The molecule has 33 heavy (non-hydrogen) atoms. The molecule has 2 aliphatic rings. The maximum Gasteiger partial charge on any atom is 0.484 e. The summed E-state index contributed by atoms with van der Waals surface area (Å²) in [6.45, 7) is 15.2. The third-order valence-electron chi connectivity index (χ3n) is 5.84. The van der Waals surface area contributed by atoms with Crippen molar-refractivity contribution in [3.63, 3.8) is 0 Å². The normalized spacial score (nSPS) is 19.0. The highest BCUT2D eigenvalue weighted by molar-refractivity contribution is 5.74. The summed E-state index contributed by atoms with van der Waals surface area (Å²) in [6.07, 6.45) is 7.82. The number of hydrogen-bond acceptors (Lipinski definition) is 1. The van der Waals surface area contributed by atoms with Gasteiger partial charge in [0.25, 0.3) is 0 Å². The van der Waals surface area contributed by atoms with Gasteiger partial charge in [-0.3, -0.25) is 4.90 Å². The van der Waals surface area contributed by atoms with Gasteiger partial charge in [0.15, 0.2) is 0 Å². The number of hydrogen-bond donors (Lipinski definition) is 0. The molecule has 1 unspecified atom stereocenters. The van der Waals surface area contributed by atoms with Crippen LogP contribution in [0.1, 0.15) is 97.1 Å². The lowest BCUT2D eigenvalue weighted by molar-refractivity contribution is -0.242. The van der Waals surface area contributed by atoms with Crippen molar-refractivity contribution >= 4 is 5.57 Å². The molecule has 1 aromatic carbocycles. The molecule has 1 aliphatic carbocycles. The highest BCUT2D eigenvalue weighted by Crippen LogP contribution is 2.41. The van der Waals surface area contributed by atoms with Gasteiger partial charge in [-0.2, -0.15) is 13.2 Å². The molecule has 4 heteroatoms. The molecule has 0 amide bonds. The van der Waals surface area contributed by atoms with Crippen LogP contribution in [0.2, 0.25) is 0 Å². The van der Waals surface area contributed by atoms with Crippen LogP contribution in [-0.2, 0) is 0 Å². The van der Waals surface area contributed by atoms with Crippen LogP contribution in [0.25, 0.3) is 5.57 Å². The van der Waals surface area contributed by atoms with Crippen LogP contribution < -0.4 is 0 Å². The molecule has 1 nitrogen and oxygen atoms in total. The Morgan fingerprint density at radius 1 is 1.15 bits per heavy atom. The van der Waals surface area contributed by atoms with E-state index in [1.165, 1.54) is 24.6 Å². The Morgan fingerprint density at radius 2 is 1.79 bits per heavy atom. The van der Waals surface area contributed by atoms with Gasteiger partial charge in [-0.15, -0.1) is 6.58 Å². The first-order valence-corrected chi connectivity index (χ1v) is 12.4. The highest BCUT2D eigenvalue weighted by Gasteiger charge is 2.41. The Hall–Kier alpha value is -2.23. The molecule has 1 fully saturated rings. The number of rotatable bonds is 6. The van der Waals surface area contributed by atoms with Crippen molar-refractivity contribution in [2.24, 2.45) is 0 Å². The second kappa shape index (κ2) is 14.1. The van der Waals surface area contributed by atoms with Gasteiger partial charge in [0.2, 0.25) is 0 Å². The topological polar surface area (TPSA) is 3.24 Å². The zero-order chi connectivity index (χ0) is 25.0. The Labute approximate surface area is 199 Å². The van der Waals surface area contributed by atoms with Crippen LogP contribution in [0, 0.1) is 0 Å². The molecule has 0 saturated heterocycles. The summed E-state index contributed by atoms with van der Waals surface area (Å²) in [6, 6.07) is 8.04. The predicted molar refractivity (Wildman–Crippen MR) is 137 cm³/mol. The number of halogens is 3. The molecule has 184 valence electrons. The first-order valence-electron chi connectivity index (χ1n) is 12.4.